The molecule has 0 spiro atoms. The molecule has 2 radical (unpaired) electrons. The fraction of sp³-hybridized carbons (Fsp3) is 0.0909. The molecule has 13 heavy (non-hydrogen) atoms. The second kappa shape index (κ2) is 4.19. The first-order chi connectivity index (χ1) is 6.45. The Morgan fingerprint density at radius 2 is 2.08 bits per heavy atom. The first kappa shape index (κ1) is 8.45. The number of hydrogen-bond donors (Lipinski definition) is 0. The van der Waals surface area contributed by atoms with E-state index in [0.29, 0.717) is 0 Å². The zero-order chi connectivity index (χ0) is 8.93. The maximum absolute atomic E-state index is 4.19. The molecule has 2 aromatic rings. The monoisotopic (exact) mass is 187 g/mol. The Labute approximate surface area is 82.1 Å². The minimum Gasteiger partial charge on any atom is -0.250 e. The first-order valence-corrected chi connectivity index (χ1v) is 5.00. The van der Waals surface area contributed by atoms with Crippen LogP contribution in [0.15, 0.2) is 41.9 Å². The van der Waals surface area contributed by atoms with Crippen molar-refractivity contribution in [1.82, 2.24) is 4.98 Å². The second-order valence-electron chi connectivity index (χ2n) is 2.65. The van der Waals surface area contributed by atoms with Gasteiger partial charge in [-0.15, -0.1) is 11.3 Å². The van der Waals surface area contributed by atoms with Crippen molar-refractivity contribution in [3.63, 3.8) is 0 Å². The van der Waals surface area contributed by atoms with Gasteiger partial charge in [0.15, 0.2) is 0 Å². The van der Waals surface area contributed by atoms with E-state index in [9.17, 15) is 0 Å². The average Bonchev–Trinajstić information content (AvgIpc) is 2.69. The van der Waals surface area contributed by atoms with Gasteiger partial charge in [0.25, 0.3) is 0 Å². The lowest BCUT2D eigenvalue weighted by Gasteiger charge is -1.96. The van der Waals surface area contributed by atoms with Crippen LogP contribution in [0.1, 0.15) is 10.6 Å². The molecule has 1 nitrogen and oxygen atoms in total. The van der Waals surface area contributed by atoms with Gasteiger partial charge in [-0.3, -0.25) is 0 Å². The summed E-state index contributed by atoms with van der Waals surface area (Å²) in [7, 11) is 0. The summed E-state index contributed by atoms with van der Waals surface area (Å²) in [5.74, 6) is 0. The maximum Gasteiger partial charge on any atom is 0.0934 e. The highest BCUT2D eigenvalue weighted by atomic mass is 32.1. The standard InChI is InChI=1S/C11H9NS/c1-2-4-10(5-3-1)6-7-11-12-8-9-13-11/h1-5,8-9H,7H2. The van der Waals surface area contributed by atoms with Crippen molar-refractivity contribution in [2.24, 2.45) is 0 Å². The van der Waals surface area contributed by atoms with E-state index in [-0.39, 0.29) is 0 Å². The van der Waals surface area contributed by atoms with E-state index in [1.807, 2.05) is 41.9 Å². The van der Waals surface area contributed by atoms with Crippen LogP contribution in [0.4, 0.5) is 0 Å². The topological polar surface area (TPSA) is 12.9 Å². The van der Waals surface area contributed by atoms with Gasteiger partial charge in [-0.2, -0.15) is 0 Å². The van der Waals surface area contributed by atoms with Gasteiger partial charge in [0.2, 0.25) is 0 Å². The molecule has 2 rings (SSSR count). The van der Waals surface area contributed by atoms with Gasteiger partial charge < -0.3 is 0 Å². The van der Waals surface area contributed by atoms with E-state index in [4.69, 9.17) is 0 Å². The van der Waals surface area contributed by atoms with Crippen LogP contribution in [0.2, 0.25) is 0 Å². The molecule has 0 aliphatic heterocycles. The molecule has 2 heteroatoms. The van der Waals surface area contributed by atoms with Crippen molar-refractivity contribution in [3.8, 4) is 0 Å². The largest absolute Gasteiger partial charge is 0.250 e. The highest BCUT2D eigenvalue weighted by Crippen LogP contribution is 2.10. The molecule has 0 atom stereocenters. The van der Waals surface area contributed by atoms with Crippen LogP contribution in [0.3, 0.4) is 0 Å². The molecule has 1 heterocycles. The van der Waals surface area contributed by atoms with Crippen molar-refractivity contribution in [2.75, 3.05) is 0 Å². The number of aromatic nitrogens is 1. The molecule has 0 saturated carbocycles. The Hall–Kier alpha value is -1.15. The highest BCUT2D eigenvalue weighted by Gasteiger charge is 1.97. The predicted molar refractivity (Wildman–Crippen MR) is 54.6 cm³/mol. The Bertz CT molecular complexity index is 340. The molecule has 0 bridgehead atoms. The number of nitrogens with zero attached hydrogens (tertiary/aromatic N) is 1. The van der Waals surface area contributed by atoms with Crippen molar-refractivity contribution in [3.05, 3.63) is 58.9 Å². The Kier molecular flexibility index (Phi) is 2.72. The van der Waals surface area contributed by atoms with Gasteiger partial charge in [0, 0.05) is 24.4 Å². The predicted octanol–water partition coefficient (Wildman–Crippen LogP) is 2.82. The molecule has 1 aromatic carbocycles. The van der Waals surface area contributed by atoms with Crippen molar-refractivity contribution < 1.29 is 0 Å². The van der Waals surface area contributed by atoms with E-state index in [1.54, 1.807) is 11.3 Å². The van der Waals surface area contributed by atoms with E-state index >= 15 is 0 Å². The lowest BCUT2D eigenvalue weighted by atomic mass is 10.1. The van der Waals surface area contributed by atoms with Crippen LogP contribution in [-0.2, 0) is 6.42 Å². The zero-order valence-electron chi connectivity index (χ0n) is 7.10. The lowest BCUT2D eigenvalue weighted by molar-refractivity contribution is 1.12. The Balaban J connectivity index is 1.94. The molecule has 0 fully saturated rings. The lowest BCUT2D eigenvalue weighted by Crippen LogP contribution is -1.86. The SMILES string of the molecule is [C](Cc1nccs1)c1ccccc1. The quantitative estimate of drug-likeness (QED) is 0.720. The van der Waals surface area contributed by atoms with Gasteiger partial charge in [-0.25, -0.2) is 4.98 Å². The summed E-state index contributed by atoms with van der Waals surface area (Å²) in [5, 5.41) is 3.10. The fourth-order valence-electron chi connectivity index (χ4n) is 1.07. The molecule has 0 amide bonds. The van der Waals surface area contributed by atoms with Gasteiger partial charge in [-0.1, -0.05) is 30.3 Å². The summed E-state index contributed by atoms with van der Waals surface area (Å²) >= 11 is 1.67. The van der Waals surface area contributed by atoms with Crippen molar-refractivity contribution in [2.45, 2.75) is 6.42 Å². The first-order valence-electron chi connectivity index (χ1n) is 4.12. The third kappa shape index (κ3) is 2.39. The van der Waals surface area contributed by atoms with Gasteiger partial charge >= 0.3 is 0 Å². The third-order valence-corrected chi connectivity index (χ3v) is 2.48. The van der Waals surface area contributed by atoms with Crippen LogP contribution in [-0.4, -0.2) is 4.98 Å². The van der Waals surface area contributed by atoms with Crippen LogP contribution in [0, 0.1) is 6.42 Å². The average molecular weight is 187 g/mol. The van der Waals surface area contributed by atoms with Crippen molar-refractivity contribution in [1.29, 1.82) is 0 Å². The normalized spacial score (nSPS) is 10.2. The minimum absolute atomic E-state index is 0.807. The Morgan fingerprint density at radius 3 is 2.77 bits per heavy atom. The smallest absolute Gasteiger partial charge is 0.0934 e. The van der Waals surface area contributed by atoms with E-state index < -0.39 is 0 Å². The van der Waals surface area contributed by atoms with Crippen LogP contribution < -0.4 is 0 Å². The number of rotatable bonds is 3. The third-order valence-electron chi connectivity index (χ3n) is 1.70. The minimum atomic E-state index is 0.807. The summed E-state index contributed by atoms with van der Waals surface area (Å²) in [4.78, 5) is 4.19. The molecule has 0 N–H and O–H groups in total. The van der Waals surface area contributed by atoms with E-state index in [2.05, 4.69) is 11.4 Å². The van der Waals surface area contributed by atoms with Gasteiger partial charge in [0.05, 0.1) is 5.01 Å². The van der Waals surface area contributed by atoms with Crippen molar-refractivity contribution >= 4 is 11.3 Å². The number of thiazole rings is 1. The molecular formula is C11H9NS. The zero-order valence-corrected chi connectivity index (χ0v) is 7.92. The maximum atomic E-state index is 4.19. The summed E-state index contributed by atoms with van der Waals surface area (Å²) in [6, 6.07) is 10.1. The van der Waals surface area contributed by atoms with Gasteiger partial charge in [0.1, 0.15) is 0 Å². The Morgan fingerprint density at radius 1 is 1.23 bits per heavy atom. The summed E-state index contributed by atoms with van der Waals surface area (Å²) < 4.78 is 0. The molecule has 64 valence electrons. The summed E-state index contributed by atoms with van der Waals surface area (Å²) in [6.07, 6.45) is 5.93. The fourth-order valence-corrected chi connectivity index (χ4v) is 1.63. The summed E-state index contributed by atoms with van der Waals surface area (Å²) in [6.45, 7) is 0. The van der Waals surface area contributed by atoms with Crippen LogP contribution >= 0.6 is 11.3 Å². The second-order valence-corrected chi connectivity index (χ2v) is 3.62. The molecule has 0 saturated heterocycles. The van der Waals surface area contributed by atoms with Crippen LogP contribution in [0.5, 0.6) is 0 Å². The summed E-state index contributed by atoms with van der Waals surface area (Å²) in [5.41, 5.74) is 1.14. The molecule has 0 aliphatic carbocycles. The number of benzene rings is 1. The number of hydrogen-bond acceptors (Lipinski definition) is 2. The molecular weight excluding hydrogens is 178 g/mol. The highest BCUT2D eigenvalue weighted by molar-refractivity contribution is 7.09. The van der Waals surface area contributed by atoms with Gasteiger partial charge in [-0.05, 0) is 5.56 Å². The van der Waals surface area contributed by atoms with E-state index in [0.717, 1.165) is 17.0 Å². The molecule has 0 unspecified atom stereocenters. The molecule has 0 aliphatic rings. The van der Waals surface area contributed by atoms with Crippen LogP contribution in [0.25, 0.3) is 0 Å². The van der Waals surface area contributed by atoms with E-state index in [1.165, 1.54) is 0 Å². The molecule has 1 aromatic heterocycles.